The Hall–Kier alpha value is -0.750. The first-order chi connectivity index (χ1) is 7.81. The SMILES string of the molecule is COCCN=C1NC(=O)C(C2CCSC2)N1. The van der Waals surface area contributed by atoms with E-state index < -0.39 is 0 Å². The number of nitrogens with one attached hydrogen (secondary N) is 2. The Bertz CT molecular complexity index is 290. The van der Waals surface area contributed by atoms with Crippen molar-refractivity contribution in [3.63, 3.8) is 0 Å². The molecule has 2 saturated heterocycles. The van der Waals surface area contributed by atoms with Gasteiger partial charge in [-0.3, -0.25) is 15.1 Å². The molecule has 16 heavy (non-hydrogen) atoms. The smallest absolute Gasteiger partial charge is 0.249 e. The van der Waals surface area contributed by atoms with Gasteiger partial charge in [-0.1, -0.05) is 0 Å². The number of amides is 1. The highest BCUT2D eigenvalue weighted by Gasteiger charge is 2.36. The largest absolute Gasteiger partial charge is 0.383 e. The van der Waals surface area contributed by atoms with Crippen molar-refractivity contribution in [2.75, 3.05) is 31.8 Å². The molecule has 2 aliphatic heterocycles. The summed E-state index contributed by atoms with van der Waals surface area (Å²) in [5.41, 5.74) is 0. The molecule has 6 heteroatoms. The van der Waals surface area contributed by atoms with E-state index in [0.29, 0.717) is 25.0 Å². The highest BCUT2D eigenvalue weighted by atomic mass is 32.2. The van der Waals surface area contributed by atoms with Crippen LogP contribution in [0.3, 0.4) is 0 Å². The molecule has 2 unspecified atom stereocenters. The maximum atomic E-state index is 11.7. The average molecular weight is 243 g/mol. The standard InChI is InChI=1S/C10H17N3O2S/c1-15-4-3-11-10-12-8(9(14)13-10)7-2-5-16-6-7/h7-8H,2-6H2,1H3,(H2,11,12,13,14). The highest BCUT2D eigenvalue weighted by molar-refractivity contribution is 7.99. The molecule has 2 atom stereocenters. The summed E-state index contributed by atoms with van der Waals surface area (Å²) in [6.07, 6.45) is 1.11. The van der Waals surface area contributed by atoms with Crippen molar-refractivity contribution in [2.24, 2.45) is 10.9 Å². The Balaban J connectivity index is 1.88. The molecule has 0 spiro atoms. The summed E-state index contributed by atoms with van der Waals surface area (Å²) in [4.78, 5) is 15.9. The van der Waals surface area contributed by atoms with Crippen LogP contribution < -0.4 is 10.6 Å². The highest BCUT2D eigenvalue weighted by Crippen LogP contribution is 2.27. The summed E-state index contributed by atoms with van der Waals surface area (Å²) < 4.78 is 4.90. The van der Waals surface area contributed by atoms with Crippen LogP contribution in [0.15, 0.2) is 4.99 Å². The molecule has 1 amide bonds. The quantitative estimate of drug-likeness (QED) is 0.673. The number of aliphatic imine (C=N–C) groups is 1. The number of thioether (sulfide) groups is 1. The molecule has 5 nitrogen and oxygen atoms in total. The third-order valence-electron chi connectivity index (χ3n) is 2.82. The monoisotopic (exact) mass is 243 g/mol. The summed E-state index contributed by atoms with van der Waals surface area (Å²) in [5.74, 6) is 3.33. The van der Waals surface area contributed by atoms with Gasteiger partial charge in [-0.25, -0.2) is 0 Å². The number of guanidine groups is 1. The molecule has 0 bridgehead atoms. The Morgan fingerprint density at radius 3 is 3.19 bits per heavy atom. The molecule has 0 aromatic heterocycles. The van der Waals surface area contributed by atoms with Crippen molar-refractivity contribution in [3.05, 3.63) is 0 Å². The number of methoxy groups -OCH3 is 1. The Morgan fingerprint density at radius 2 is 2.50 bits per heavy atom. The summed E-state index contributed by atoms with van der Waals surface area (Å²) in [7, 11) is 1.64. The number of hydrogen-bond acceptors (Lipinski definition) is 4. The number of carbonyl (C=O) groups excluding carboxylic acids is 1. The van der Waals surface area contributed by atoms with Crippen molar-refractivity contribution in [3.8, 4) is 0 Å². The van der Waals surface area contributed by atoms with Crippen LogP contribution in [-0.2, 0) is 9.53 Å². The minimum atomic E-state index is -0.0868. The van der Waals surface area contributed by atoms with E-state index in [0.717, 1.165) is 17.9 Å². The first-order valence-corrected chi connectivity index (χ1v) is 6.65. The molecular weight excluding hydrogens is 226 g/mol. The van der Waals surface area contributed by atoms with Crippen LogP contribution in [0, 0.1) is 5.92 Å². The molecule has 0 radical (unpaired) electrons. The summed E-state index contributed by atoms with van der Waals surface area (Å²) in [5, 5.41) is 5.94. The third kappa shape index (κ3) is 2.68. The fraction of sp³-hybridized carbons (Fsp3) is 0.800. The molecule has 0 aromatic carbocycles. The van der Waals surface area contributed by atoms with Crippen molar-refractivity contribution < 1.29 is 9.53 Å². The fourth-order valence-electron chi connectivity index (χ4n) is 1.92. The van der Waals surface area contributed by atoms with Gasteiger partial charge in [0, 0.05) is 7.11 Å². The predicted molar refractivity (Wildman–Crippen MR) is 64.7 cm³/mol. The second-order valence-electron chi connectivity index (χ2n) is 3.96. The normalized spacial score (nSPS) is 31.8. The number of rotatable bonds is 4. The van der Waals surface area contributed by atoms with Crippen LogP contribution in [0.4, 0.5) is 0 Å². The lowest BCUT2D eigenvalue weighted by atomic mass is 10.00. The summed E-state index contributed by atoms with van der Waals surface area (Å²) >= 11 is 1.91. The molecule has 2 fully saturated rings. The van der Waals surface area contributed by atoms with Gasteiger partial charge in [0.25, 0.3) is 0 Å². The lowest BCUT2D eigenvalue weighted by Crippen LogP contribution is -2.37. The van der Waals surface area contributed by atoms with E-state index in [4.69, 9.17) is 4.74 Å². The van der Waals surface area contributed by atoms with Gasteiger partial charge in [-0.2, -0.15) is 11.8 Å². The topological polar surface area (TPSA) is 62.7 Å². The molecule has 2 heterocycles. The van der Waals surface area contributed by atoms with E-state index in [2.05, 4.69) is 15.6 Å². The fourth-order valence-corrected chi connectivity index (χ4v) is 3.22. The van der Waals surface area contributed by atoms with E-state index >= 15 is 0 Å². The zero-order chi connectivity index (χ0) is 11.4. The zero-order valence-electron chi connectivity index (χ0n) is 9.36. The molecule has 2 N–H and O–H groups in total. The van der Waals surface area contributed by atoms with Crippen LogP contribution in [0.5, 0.6) is 0 Å². The molecule has 0 aromatic rings. The predicted octanol–water partition coefficient (Wildman–Crippen LogP) is -0.170. The second-order valence-corrected chi connectivity index (χ2v) is 5.11. The van der Waals surface area contributed by atoms with Crippen LogP contribution in [0.1, 0.15) is 6.42 Å². The van der Waals surface area contributed by atoms with Crippen molar-refractivity contribution in [2.45, 2.75) is 12.5 Å². The molecule has 2 rings (SSSR count). The van der Waals surface area contributed by atoms with Gasteiger partial charge in [0.15, 0.2) is 5.96 Å². The van der Waals surface area contributed by atoms with E-state index in [1.807, 2.05) is 11.8 Å². The number of carbonyl (C=O) groups is 1. The van der Waals surface area contributed by atoms with Gasteiger partial charge in [-0.05, 0) is 23.8 Å². The van der Waals surface area contributed by atoms with Gasteiger partial charge in [0.1, 0.15) is 6.04 Å². The van der Waals surface area contributed by atoms with Crippen LogP contribution >= 0.6 is 11.8 Å². The van der Waals surface area contributed by atoms with E-state index in [9.17, 15) is 4.79 Å². The molecule has 90 valence electrons. The van der Waals surface area contributed by atoms with Gasteiger partial charge in [0.2, 0.25) is 5.91 Å². The number of nitrogens with zero attached hydrogens (tertiary/aromatic N) is 1. The van der Waals surface area contributed by atoms with E-state index in [-0.39, 0.29) is 11.9 Å². The minimum Gasteiger partial charge on any atom is -0.383 e. The zero-order valence-corrected chi connectivity index (χ0v) is 10.2. The maximum Gasteiger partial charge on any atom is 0.249 e. The molecule has 0 saturated carbocycles. The Kier molecular flexibility index (Phi) is 4.06. The summed E-state index contributed by atoms with van der Waals surface area (Å²) in [6.45, 7) is 1.15. The maximum absolute atomic E-state index is 11.7. The van der Waals surface area contributed by atoms with Gasteiger partial charge >= 0.3 is 0 Å². The lowest BCUT2D eigenvalue weighted by Gasteiger charge is -2.14. The number of ether oxygens (including phenoxy) is 1. The van der Waals surface area contributed by atoms with Crippen LogP contribution in [0.25, 0.3) is 0 Å². The molecule has 2 aliphatic rings. The average Bonchev–Trinajstić information content (AvgIpc) is 2.87. The molecule has 0 aliphatic carbocycles. The van der Waals surface area contributed by atoms with Gasteiger partial charge < -0.3 is 10.1 Å². The minimum absolute atomic E-state index is 0.0590. The van der Waals surface area contributed by atoms with Gasteiger partial charge in [-0.15, -0.1) is 0 Å². The first kappa shape index (κ1) is 11.7. The lowest BCUT2D eigenvalue weighted by molar-refractivity contribution is -0.121. The second kappa shape index (κ2) is 5.54. The number of hydrogen-bond donors (Lipinski definition) is 2. The van der Waals surface area contributed by atoms with E-state index in [1.165, 1.54) is 0 Å². The first-order valence-electron chi connectivity index (χ1n) is 5.50. The summed E-state index contributed by atoms with van der Waals surface area (Å²) in [6, 6.07) is -0.0868. The van der Waals surface area contributed by atoms with Crippen LogP contribution in [-0.4, -0.2) is 49.7 Å². The van der Waals surface area contributed by atoms with Crippen molar-refractivity contribution >= 4 is 23.6 Å². The van der Waals surface area contributed by atoms with Crippen molar-refractivity contribution in [1.82, 2.24) is 10.6 Å². The van der Waals surface area contributed by atoms with Crippen LogP contribution in [0.2, 0.25) is 0 Å². The Labute approximate surface area is 99.4 Å². The molecular formula is C10H17N3O2S. The third-order valence-corrected chi connectivity index (χ3v) is 4.01. The van der Waals surface area contributed by atoms with E-state index in [1.54, 1.807) is 7.11 Å². The van der Waals surface area contributed by atoms with Crippen molar-refractivity contribution in [1.29, 1.82) is 0 Å². The van der Waals surface area contributed by atoms with Gasteiger partial charge in [0.05, 0.1) is 13.2 Å². The Morgan fingerprint density at radius 1 is 1.62 bits per heavy atom.